The fourth-order valence-corrected chi connectivity index (χ4v) is 7.58. The lowest BCUT2D eigenvalue weighted by Gasteiger charge is -2.15. The van der Waals surface area contributed by atoms with Crippen LogP contribution < -0.4 is 0 Å². The summed E-state index contributed by atoms with van der Waals surface area (Å²) in [6.07, 6.45) is -2.80. The minimum Gasteiger partial charge on any atom is -0.465 e. The van der Waals surface area contributed by atoms with Crippen LogP contribution in [-0.4, -0.2) is 35.8 Å². The number of carbonyl (C=O) groups excluding carboxylic acids is 1. The van der Waals surface area contributed by atoms with Crippen molar-refractivity contribution in [3.63, 3.8) is 0 Å². The van der Waals surface area contributed by atoms with Crippen molar-refractivity contribution in [2.75, 3.05) is 7.11 Å². The number of ether oxygens (including phenoxy) is 1. The van der Waals surface area contributed by atoms with Gasteiger partial charge in [-0.05, 0) is 70.5 Å². The summed E-state index contributed by atoms with van der Waals surface area (Å²) in [4.78, 5) is 11.8. The van der Waals surface area contributed by atoms with Crippen molar-refractivity contribution in [2.45, 2.75) is 11.3 Å². The molecule has 0 fully saturated rings. The Bertz CT molecular complexity index is 2500. The number of hydrogen-bond acceptors (Lipinski definition) is 7. The molecular formula is C35H21ClF3N3O5S. The zero-order valence-corrected chi connectivity index (χ0v) is 26.3. The molecule has 0 aliphatic heterocycles. The number of benzene rings is 5. The van der Waals surface area contributed by atoms with E-state index >= 15 is 0 Å². The van der Waals surface area contributed by atoms with Gasteiger partial charge in [-0.3, -0.25) is 0 Å². The molecule has 0 atom stereocenters. The lowest BCUT2D eigenvalue weighted by Crippen LogP contribution is -2.14. The van der Waals surface area contributed by atoms with Crippen LogP contribution in [0.1, 0.15) is 22.3 Å². The monoisotopic (exact) mass is 687 g/mol. The highest BCUT2D eigenvalue weighted by Gasteiger charge is 2.31. The van der Waals surface area contributed by atoms with Crippen molar-refractivity contribution in [2.24, 2.45) is 0 Å². The Morgan fingerprint density at radius 2 is 1.62 bits per heavy atom. The van der Waals surface area contributed by atoms with Gasteiger partial charge in [-0.15, -0.1) is 0 Å². The molecule has 2 aromatic heterocycles. The summed E-state index contributed by atoms with van der Waals surface area (Å²) in [6.45, 7) is 0. The maximum atomic E-state index is 15.0. The number of nitrogens with zero attached hydrogens (tertiary/aromatic N) is 3. The highest BCUT2D eigenvalue weighted by atomic mass is 35.5. The molecule has 7 aromatic rings. The summed E-state index contributed by atoms with van der Waals surface area (Å²) in [5.74, 6) is -1.19. The Morgan fingerprint density at radius 1 is 0.875 bits per heavy atom. The second-order valence-corrected chi connectivity index (χ2v) is 12.9. The number of carbonyl (C=O) groups is 1. The van der Waals surface area contributed by atoms with E-state index in [-0.39, 0.29) is 37.6 Å². The van der Waals surface area contributed by atoms with E-state index in [2.05, 4.69) is 10.3 Å². The van der Waals surface area contributed by atoms with Gasteiger partial charge in [0.1, 0.15) is 16.9 Å². The molecule has 240 valence electrons. The third-order valence-corrected chi connectivity index (χ3v) is 9.99. The maximum Gasteiger partial charge on any atom is 0.337 e. The molecule has 0 unspecified atom stereocenters. The zero-order chi connectivity index (χ0) is 33.7. The van der Waals surface area contributed by atoms with Crippen LogP contribution in [0, 0.1) is 5.82 Å². The number of halogens is 4. The largest absolute Gasteiger partial charge is 0.465 e. The molecule has 0 saturated heterocycles. The Morgan fingerprint density at radius 3 is 2.35 bits per heavy atom. The Balaban J connectivity index is 1.56. The maximum absolute atomic E-state index is 15.0. The number of fused-ring (bicyclic) bond motifs is 2. The molecule has 0 amide bonds. The molecule has 0 saturated carbocycles. The fourth-order valence-electron chi connectivity index (χ4n) is 5.75. The fraction of sp³-hybridized carbons (Fsp3) is 0.0571. The second-order valence-electron chi connectivity index (χ2n) is 10.7. The minimum absolute atomic E-state index is 0.124. The molecule has 0 radical (unpaired) electrons. The SMILES string of the molecule is COC(=O)c1ccc(-c2cccc(-c3c(-c4cccc5nonc45)c4cc(F)ccc4n3S(=O)(=O)c3ccc(C(F)F)cc3)c2)c(Cl)c1. The minimum atomic E-state index is -4.52. The third-order valence-electron chi connectivity index (χ3n) is 7.95. The highest BCUT2D eigenvalue weighted by molar-refractivity contribution is 7.90. The van der Waals surface area contributed by atoms with Crippen molar-refractivity contribution in [3.8, 4) is 33.5 Å². The van der Waals surface area contributed by atoms with Crippen LogP contribution in [0.15, 0.2) is 113 Å². The first-order valence-corrected chi connectivity index (χ1v) is 16.1. The summed E-state index contributed by atoms with van der Waals surface area (Å²) < 4.78 is 81.8. The van der Waals surface area contributed by atoms with Crippen LogP contribution in [0.4, 0.5) is 13.2 Å². The Kier molecular flexibility index (Phi) is 7.77. The van der Waals surface area contributed by atoms with Crippen LogP contribution in [0.5, 0.6) is 0 Å². The molecular weight excluding hydrogens is 667 g/mol. The normalized spacial score (nSPS) is 11.9. The molecule has 13 heteroatoms. The summed E-state index contributed by atoms with van der Waals surface area (Å²) >= 11 is 6.61. The standard InChI is InChI=1S/C35H21ClF3N3O5S/c1-46-35(43)22-10-14-25(28(36)17-22)20-4-2-5-21(16-20)33-31(26-6-3-7-29-32(26)41-47-40-29)27-18-23(37)11-15-30(27)42(33)48(44,45)24-12-8-19(9-13-24)34(38)39/h2-18,34H,1H3. The molecule has 0 aliphatic carbocycles. The number of esters is 1. The molecule has 5 aromatic carbocycles. The van der Waals surface area contributed by atoms with Gasteiger partial charge in [-0.1, -0.05) is 60.1 Å². The first kappa shape index (κ1) is 31.2. The number of alkyl halides is 2. The topological polar surface area (TPSA) is 104 Å². The van der Waals surface area contributed by atoms with Gasteiger partial charge in [0.15, 0.2) is 0 Å². The van der Waals surface area contributed by atoms with E-state index in [1.807, 2.05) is 0 Å². The number of aromatic nitrogens is 3. The Hall–Kier alpha value is -5.46. The van der Waals surface area contributed by atoms with Gasteiger partial charge in [0, 0.05) is 38.2 Å². The predicted octanol–water partition coefficient (Wildman–Crippen LogP) is 8.93. The zero-order valence-electron chi connectivity index (χ0n) is 24.7. The van der Waals surface area contributed by atoms with E-state index in [1.54, 1.807) is 54.6 Å². The van der Waals surface area contributed by atoms with Gasteiger partial charge in [0.25, 0.3) is 16.4 Å². The first-order valence-electron chi connectivity index (χ1n) is 14.3. The molecule has 0 N–H and O–H groups in total. The van der Waals surface area contributed by atoms with E-state index in [9.17, 15) is 26.4 Å². The molecule has 0 bridgehead atoms. The lowest BCUT2D eigenvalue weighted by atomic mass is 9.95. The van der Waals surface area contributed by atoms with E-state index in [1.165, 1.54) is 25.3 Å². The smallest absolute Gasteiger partial charge is 0.337 e. The highest BCUT2D eigenvalue weighted by Crippen LogP contribution is 2.46. The third kappa shape index (κ3) is 5.19. The van der Waals surface area contributed by atoms with Crippen molar-refractivity contribution >= 4 is 49.5 Å². The predicted molar refractivity (Wildman–Crippen MR) is 174 cm³/mol. The van der Waals surface area contributed by atoms with Crippen molar-refractivity contribution in [3.05, 3.63) is 125 Å². The van der Waals surface area contributed by atoms with E-state index in [4.69, 9.17) is 21.0 Å². The van der Waals surface area contributed by atoms with Crippen molar-refractivity contribution in [1.82, 2.24) is 14.3 Å². The van der Waals surface area contributed by atoms with Crippen LogP contribution in [0.3, 0.4) is 0 Å². The number of methoxy groups -OCH3 is 1. The lowest BCUT2D eigenvalue weighted by molar-refractivity contribution is 0.0600. The van der Waals surface area contributed by atoms with E-state index in [0.29, 0.717) is 38.9 Å². The summed E-state index contributed by atoms with van der Waals surface area (Å²) in [6, 6.07) is 24.6. The van der Waals surface area contributed by atoms with Gasteiger partial charge >= 0.3 is 5.97 Å². The van der Waals surface area contributed by atoms with Gasteiger partial charge in [0.05, 0.1) is 28.8 Å². The number of hydrogen-bond donors (Lipinski definition) is 0. The Labute approximate surface area is 276 Å². The summed E-state index contributed by atoms with van der Waals surface area (Å²) in [5.41, 5.74) is 3.05. The molecule has 0 aliphatic rings. The first-order chi connectivity index (χ1) is 23.1. The second kappa shape index (κ2) is 12.0. The number of rotatable bonds is 7. The average Bonchev–Trinajstić information content (AvgIpc) is 3.71. The molecule has 0 spiro atoms. The molecule has 8 nitrogen and oxygen atoms in total. The van der Waals surface area contributed by atoms with Crippen LogP contribution >= 0.6 is 11.6 Å². The van der Waals surface area contributed by atoms with Gasteiger partial charge < -0.3 is 4.74 Å². The van der Waals surface area contributed by atoms with Gasteiger partial charge in [0.2, 0.25) is 0 Å². The summed E-state index contributed by atoms with van der Waals surface area (Å²) in [7, 11) is -3.26. The molecule has 48 heavy (non-hydrogen) atoms. The molecule has 2 heterocycles. The van der Waals surface area contributed by atoms with Crippen LogP contribution in [0.25, 0.3) is 55.4 Å². The van der Waals surface area contributed by atoms with Crippen molar-refractivity contribution < 1.29 is 35.7 Å². The van der Waals surface area contributed by atoms with Gasteiger partial charge in [-0.25, -0.2) is 35.0 Å². The quantitative estimate of drug-likeness (QED) is 0.154. The van der Waals surface area contributed by atoms with Crippen molar-refractivity contribution in [1.29, 1.82) is 0 Å². The van der Waals surface area contributed by atoms with E-state index < -0.39 is 28.2 Å². The van der Waals surface area contributed by atoms with Crippen LogP contribution in [-0.2, 0) is 14.8 Å². The van der Waals surface area contributed by atoms with Crippen LogP contribution in [0.2, 0.25) is 5.02 Å². The van der Waals surface area contributed by atoms with Gasteiger partial charge in [-0.2, -0.15) is 0 Å². The summed E-state index contributed by atoms with van der Waals surface area (Å²) in [5, 5.41) is 8.46. The molecule has 7 rings (SSSR count). The average molecular weight is 688 g/mol. The van der Waals surface area contributed by atoms with E-state index in [0.717, 1.165) is 34.3 Å².